The molecule has 33 heavy (non-hydrogen) atoms. The van der Waals surface area contributed by atoms with Gasteiger partial charge in [0.1, 0.15) is 10.3 Å². The lowest BCUT2D eigenvalue weighted by molar-refractivity contribution is 0.0922. The molecule has 0 unspecified atom stereocenters. The van der Waals surface area contributed by atoms with Gasteiger partial charge in [-0.15, -0.1) is 0 Å². The predicted molar refractivity (Wildman–Crippen MR) is 135 cm³/mol. The van der Waals surface area contributed by atoms with Crippen LogP contribution in [0.4, 0.5) is 0 Å². The van der Waals surface area contributed by atoms with Crippen molar-refractivity contribution in [2.45, 2.75) is 31.6 Å². The van der Waals surface area contributed by atoms with Crippen LogP contribution in [0.5, 0.6) is 0 Å². The summed E-state index contributed by atoms with van der Waals surface area (Å²) >= 11 is 12.0. The Morgan fingerprint density at radius 2 is 1.64 bits per heavy atom. The van der Waals surface area contributed by atoms with Gasteiger partial charge in [-0.25, -0.2) is 4.98 Å². The lowest BCUT2D eigenvalue weighted by atomic mass is 9.72. The van der Waals surface area contributed by atoms with E-state index in [-0.39, 0.29) is 21.6 Å². The summed E-state index contributed by atoms with van der Waals surface area (Å²) in [6, 6.07) is 22.2. The minimum atomic E-state index is -0.182. The Morgan fingerprint density at radius 3 is 2.30 bits per heavy atom. The standard InChI is InChI=1S/C27H29Cl2N3O/c1-20-7-5-6-8-21(20)11-14-32-15-12-27(13-16-32,23-9-3-2-4-10-23)19-30-26(33)22-17-24(28)31-25(29)18-22/h2-10,17-18H,11-16,19H2,1H3,(H,30,33). The second-order valence-corrected chi connectivity index (χ2v) is 9.62. The van der Waals surface area contributed by atoms with E-state index in [4.69, 9.17) is 23.2 Å². The zero-order valence-electron chi connectivity index (χ0n) is 18.9. The number of carbonyl (C=O) groups is 1. The van der Waals surface area contributed by atoms with E-state index in [1.165, 1.54) is 16.7 Å². The van der Waals surface area contributed by atoms with Crippen molar-refractivity contribution < 1.29 is 4.79 Å². The molecule has 1 saturated heterocycles. The van der Waals surface area contributed by atoms with Gasteiger partial charge in [0.2, 0.25) is 0 Å². The molecule has 0 spiro atoms. The van der Waals surface area contributed by atoms with Crippen LogP contribution in [-0.4, -0.2) is 42.0 Å². The minimum Gasteiger partial charge on any atom is -0.351 e. The van der Waals surface area contributed by atoms with Gasteiger partial charge in [0.25, 0.3) is 5.91 Å². The first-order valence-electron chi connectivity index (χ1n) is 11.4. The quantitative estimate of drug-likeness (QED) is 0.440. The van der Waals surface area contributed by atoms with Crippen LogP contribution in [0, 0.1) is 6.92 Å². The monoisotopic (exact) mass is 481 g/mol. The molecule has 0 bridgehead atoms. The predicted octanol–water partition coefficient (Wildman–Crippen LogP) is 5.70. The fourth-order valence-corrected chi connectivity index (χ4v) is 5.14. The molecule has 1 aliphatic heterocycles. The number of hydrogen-bond donors (Lipinski definition) is 1. The number of piperidine rings is 1. The highest BCUT2D eigenvalue weighted by atomic mass is 35.5. The summed E-state index contributed by atoms with van der Waals surface area (Å²) in [6.07, 6.45) is 3.04. The van der Waals surface area contributed by atoms with Gasteiger partial charge in [-0.05, 0) is 68.1 Å². The Kier molecular flexibility index (Phi) is 7.69. The Bertz CT molecular complexity index is 1080. The van der Waals surface area contributed by atoms with Crippen LogP contribution in [0.1, 0.15) is 39.9 Å². The van der Waals surface area contributed by atoms with E-state index in [1.54, 1.807) is 12.1 Å². The first-order chi connectivity index (χ1) is 15.9. The summed E-state index contributed by atoms with van der Waals surface area (Å²) in [5.41, 5.74) is 4.37. The maximum Gasteiger partial charge on any atom is 0.251 e. The topological polar surface area (TPSA) is 45.2 Å². The average Bonchev–Trinajstić information content (AvgIpc) is 2.83. The third-order valence-electron chi connectivity index (χ3n) is 6.77. The Labute approximate surface area is 205 Å². The molecule has 1 N–H and O–H groups in total. The summed E-state index contributed by atoms with van der Waals surface area (Å²) in [5, 5.41) is 3.57. The van der Waals surface area contributed by atoms with Crippen molar-refractivity contribution in [1.82, 2.24) is 15.2 Å². The number of amides is 1. The van der Waals surface area contributed by atoms with E-state index in [9.17, 15) is 4.79 Å². The molecule has 1 fully saturated rings. The van der Waals surface area contributed by atoms with Gasteiger partial charge in [-0.2, -0.15) is 0 Å². The molecule has 0 radical (unpaired) electrons. The molecule has 4 rings (SSSR count). The van der Waals surface area contributed by atoms with Crippen molar-refractivity contribution in [2.24, 2.45) is 0 Å². The fourth-order valence-electron chi connectivity index (χ4n) is 4.68. The summed E-state index contributed by atoms with van der Waals surface area (Å²) in [7, 11) is 0. The molecule has 1 aromatic heterocycles. The van der Waals surface area contributed by atoms with Crippen molar-refractivity contribution in [2.75, 3.05) is 26.2 Å². The SMILES string of the molecule is Cc1ccccc1CCN1CCC(CNC(=O)c2cc(Cl)nc(Cl)c2)(c2ccccc2)CC1. The van der Waals surface area contributed by atoms with E-state index in [0.29, 0.717) is 12.1 Å². The number of hydrogen-bond acceptors (Lipinski definition) is 3. The van der Waals surface area contributed by atoms with E-state index in [0.717, 1.165) is 38.9 Å². The maximum atomic E-state index is 12.9. The number of benzene rings is 2. The average molecular weight is 482 g/mol. The molecule has 1 amide bonds. The Morgan fingerprint density at radius 1 is 1.00 bits per heavy atom. The number of nitrogens with one attached hydrogen (secondary N) is 1. The minimum absolute atomic E-state index is 0.100. The number of rotatable bonds is 7. The number of likely N-dealkylation sites (tertiary alicyclic amines) is 1. The first kappa shape index (κ1) is 23.7. The molecular formula is C27H29Cl2N3O. The first-order valence-corrected chi connectivity index (χ1v) is 12.1. The van der Waals surface area contributed by atoms with Crippen LogP contribution < -0.4 is 5.32 Å². The van der Waals surface area contributed by atoms with Crippen LogP contribution in [0.3, 0.4) is 0 Å². The molecule has 6 heteroatoms. The number of halogens is 2. The fraction of sp³-hybridized carbons (Fsp3) is 0.333. The van der Waals surface area contributed by atoms with Gasteiger partial charge in [-0.1, -0.05) is 77.8 Å². The number of aryl methyl sites for hydroxylation is 1. The highest BCUT2D eigenvalue weighted by Crippen LogP contribution is 2.35. The van der Waals surface area contributed by atoms with E-state index >= 15 is 0 Å². The van der Waals surface area contributed by atoms with Crippen LogP contribution in [-0.2, 0) is 11.8 Å². The van der Waals surface area contributed by atoms with Gasteiger partial charge < -0.3 is 10.2 Å². The zero-order chi connectivity index (χ0) is 23.3. The molecule has 3 aromatic rings. The largest absolute Gasteiger partial charge is 0.351 e. The third kappa shape index (κ3) is 5.94. The molecule has 2 heterocycles. The molecular weight excluding hydrogens is 453 g/mol. The van der Waals surface area contributed by atoms with E-state index < -0.39 is 0 Å². The maximum absolute atomic E-state index is 12.9. The van der Waals surface area contributed by atoms with Crippen LogP contribution in [0.15, 0.2) is 66.7 Å². The number of nitrogens with zero attached hydrogens (tertiary/aromatic N) is 2. The lowest BCUT2D eigenvalue weighted by Gasteiger charge is -2.42. The molecule has 0 saturated carbocycles. The van der Waals surface area contributed by atoms with E-state index in [1.807, 2.05) is 6.07 Å². The molecule has 0 aliphatic carbocycles. The van der Waals surface area contributed by atoms with Crippen molar-refractivity contribution >= 4 is 29.1 Å². The normalized spacial score (nSPS) is 15.8. The van der Waals surface area contributed by atoms with Crippen LogP contribution in [0.2, 0.25) is 10.3 Å². The van der Waals surface area contributed by atoms with Gasteiger partial charge in [0.05, 0.1) is 0 Å². The highest BCUT2D eigenvalue weighted by molar-refractivity contribution is 6.33. The van der Waals surface area contributed by atoms with Crippen molar-refractivity contribution in [1.29, 1.82) is 0 Å². The van der Waals surface area contributed by atoms with Gasteiger partial charge in [-0.3, -0.25) is 4.79 Å². The second-order valence-electron chi connectivity index (χ2n) is 8.85. The van der Waals surface area contributed by atoms with Crippen LogP contribution in [0.25, 0.3) is 0 Å². The molecule has 1 aliphatic rings. The van der Waals surface area contributed by atoms with Gasteiger partial charge in [0.15, 0.2) is 0 Å². The summed E-state index contributed by atoms with van der Waals surface area (Å²) < 4.78 is 0. The number of pyridine rings is 1. The van der Waals surface area contributed by atoms with Crippen LogP contribution >= 0.6 is 23.2 Å². The molecule has 2 aromatic carbocycles. The summed E-state index contributed by atoms with van der Waals surface area (Å²) in [5.74, 6) is -0.182. The number of aromatic nitrogens is 1. The zero-order valence-corrected chi connectivity index (χ0v) is 20.4. The van der Waals surface area contributed by atoms with Gasteiger partial charge >= 0.3 is 0 Å². The van der Waals surface area contributed by atoms with Gasteiger partial charge in [0, 0.05) is 24.1 Å². The summed E-state index contributed by atoms with van der Waals surface area (Å²) in [4.78, 5) is 19.3. The van der Waals surface area contributed by atoms with Crippen molar-refractivity contribution in [3.8, 4) is 0 Å². The Hall–Kier alpha value is -2.40. The summed E-state index contributed by atoms with van der Waals surface area (Å²) in [6.45, 7) is 5.81. The highest BCUT2D eigenvalue weighted by Gasteiger charge is 2.36. The van der Waals surface area contributed by atoms with Crippen molar-refractivity contribution in [3.63, 3.8) is 0 Å². The molecule has 0 atom stereocenters. The Balaban J connectivity index is 1.43. The smallest absolute Gasteiger partial charge is 0.251 e. The van der Waals surface area contributed by atoms with E-state index in [2.05, 4.69) is 70.7 Å². The number of carbonyl (C=O) groups excluding carboxylic acids is 1. The third-order valence-corrected chi connectivity index (χ3v) is 7.16. The van der Waals surface area contributed by atoms with Crippen molar-refractivity contribution in [3.05, 3.63) is 99.3 Å². The molecule has 4 nitrogen and oxygen atoms in total. The lowest BCUT2D eigenvalue weighted by Crippen LogP contribution is -2.49. The second kappa shape index (κ2) is 10.7. The molecule has 172 valence electrons.